The smallest absolute Gasteiger partial charge is 0.259 e. The summed E-state index contributed by atoms with van der Waals surface area (Å²) in [5, 5.41) is 16.4. The van der Waals surface area contributed by atoms with Crippen molar-refractivity contribution in [2.45, 2.75) is 6.92 Å². The number of hydrogen-bond acceptors (Lipinski definition) is 4. The number of aromatic amines is 1. The molecular formula is C13H11Cl2N6+. The Bertz CT molecular complexity index is 806. The van der Waals surface area contributed by atoms with Gasteiger partial charge in [0.05, 0.1) is 5.71 Å². The molecule has 0 fully saturated rings. The van der Waals surface area contributed by atoms with Gasteiger partial charge in [0.15, 0.2) is 5.82 Å². The molecule has 2 aromatic heterocycles. The third-order valence-electron chi connectivity index (χ3n) is 2.82. The normalized spacial score (nSPS) is 11.9. The maximum absolute atomic E-state index is 5.98. The van der Waals surface area contributed by atoms with Gasteiger partial charge in [-0.05, 0) is 31.2 Å². The Hall–Kier alpha value is -2.18. The number of nitrogens with one attached hydrogen (secondary N) is 2. The van der Waals surface area contributed by atoms with E-state index in [-0.39, 0.29) is 0 Å². The minimum absolute atomic E-state index is 0.570. The minimum atomic E-state index is 0.570. The van der Waals surface area contributed by atoms with Crippen molar-refractivity contribution in [1.82, 2.24) is 15.3 Å². The molecule has 3 aromatic rings. The molecule has 0 saturated carbocycles. The summed E-state index contributed by atoms with van der Waals surface area (Å²) in [6.07, 6.45) is 1.65. The van der Waals surface area contributed by atoms with Gasteiger partial charge in [0.25, 0.3) is 0 Å². The first kappa shape index (κ1) is 13.8. The molecular weight excluding hydrogens is 311 g/mol. The summed E-state index contributed by atoms with van der Waals surface area (Å²) in [7, 11) is 0. The Kier molecular flexibility index (Phi) is 3.72. The van der Waals surface area contributed by atoms with Crippen LogP contribution in [0.2, 0.25) is 10.0 Å². The number of H-pyrrole nitrogens is 1. The number of halogens is 2. The molecule has 0 bridgehead atoms. The third-order valence-corrected chi connectivity index (χ3v) is 3.25. The standard InChI is InChI=1S/C13H10Cl2N6/c1-8(9-4-10(14)6-11(15)5-9)17-18-12-2-3-13-19-16-7-21(13)20-12/h2-7H,1H3,(H,18,20)/p+1. The number of rotatable bonds is 3. The van der Waals surface area contributed by atoms with E-state index >= 15 is 0 Å². The molecule has 0 unspecified atom stereocenters. The van der Waals surface area contributed by atoms with Crippen molar-refractivity contribution in [2.75, 3.05) is 5.43 Å². The average molecular weight is 322 g/mol. The van der Waals surface area contributed by atoms with Crippen LogP contribution in [-0.2, 0) is 0 Å². The largest absolute Gasteiger partial charge is 0.325 e. The second-order valence-electron chi connectivity index (χ2n) is 4.36. The number of nitrogens with zero attached hydrogens (tertiary/aromatic N) is 4. The van der Waals surface area contributed by atoms with Crippen molar-refractivity contribution in [2.24, 2.45) is 5.10 Å². The minimum Gasteiger partial charge on any atom is -0.259 e. The van der Waals surface area contributed by atoms with Gasteiger partial charge in [-0.3, -0.25) is 5.43 Å². The van der Waals surface area contributed by atoms with E-state index in [0.29, 0.717) is 15.9 Å². The van der Waals surface area contributed by atoms with E-state index in [1.807, 2.05) is 13.0 Å². The monoisotopic (exact) mass is 321 g/mol. The van der Waals surface area contributed by atoms with Gasteiger partial charge in [-0.25, -0.2) is 0 Å². The second kappa shape index (κ2) is 5.67. The summed E-state index contributed by atoms with van der Waals surface area (Å²) in [5.74, 6) is 0.598. The van der Waals surface area contributed by atoms with Crippen LogP contribution in [0.15, 0.2) is 41.8 Å². The molecule has 0 aliphatic carbocycles. The van der Waals surface area contributed by atoms with Gasteiger partial charge in [-0.15, -0.1) is 9.61 Å². The van der Waals surface area contributed by atoms with E-state index in [0.717, 1.165) is 16.9 Å². The van der Waals surface area contributed by atoms with Crippen LogP contribution in [0.4, 0.5) is 5.82 Å². The van der Waals surface area contributed by atoms with Gasteiger partial charge in [0.2, 0.25) is 6.33 Å². The first-order valence-corrected chi connectivity index (χ1v) is 6.87. The summed E-state index contributed by atoms with van der Waals surface area (Å²) in [6.45, 7) is 1.86. The topological polar surface area (TPSA) is 70.1 Å². The summed E-state index contributed by atoms with van der Waals surface area (Å²) in [6, 6.07) is 8.90. The van der Waals surface area contributed by atoms with Gasteiger partial charge >= 0.3 is 5.65 Å². The van der Waals surface area contributed by atoms with Gasteiger partial charge < -0.3 is 0 Å². The summed E-state index contributed by atoms with van der Waals surface area (Å²) in [4.78, 5) is 0. The molecule has 0 aliphatic rings. The van der Waals surface area contributed by atoms with Crippen LogP contribution < -0.4 is 9.94 Å². The van der Waals surface area contributed by atoms with Gasteiger partial charge in [-0.2, -0.15) is 5.10 Å². The predicted octanol–water partition coefficient (Wildman–Crippen LogP) is 2.69. The maximum atomic E-state index is 5.98. The lowest BCUT2D eigenvalue weighted by atomic mass is 10.1. The van der Waals surface area contributed by atoms with Crippen molar-refractivity contribution in [3.63, 3.8) is 0 Å². The predicted molar refractivity (Wildman–Crippen MR) is 81.8 cm³/mol. The highest BCUT2D eigenvalue weighted by Crippen LogP contribution is 2.19. The van der Waals surface area contributed by atoms with E-state index in [9.17, 15) is 0 Å². The van der Waals surface area contributed by atoms with Crippen LogP contribution in [0.3, 0.4) is 0 Å². The summed E-state index contributed by atoms with van der Waals surface area (Å²) in [5.41, 5.74) is 5.21. The number of fused-ring (bicyclic) bond motifs is 1. The number of aromatic nitrogens is 4. The molecule has 0 amide bonds. The Balaban J connectivity index is 1.83. The van der Waals surface area contributed by atoms with E-state index in [4.69, 9.17) is 23.2 Å². The van der Waals surface area contributed by atoms with Crippen LogP contribution in [0.1, 0.15) is 12.5 Å². The SMILES string of the molecule is CC(=NNc1ccc2n[nH]c[n+]2n1)c1cc(Cl)cc(Cl)c1. The maximum Gasteiger partial charge on any atom is 0.325 e. The lowest BCUT2D eigenvalue weighted by Crippen LogP contribution is -2.24. The molecule has 0 atom stereocenters. The van der Waals surface area contributed by atoms with Crippen LogP contribution in [0.5, 0.6) is 0 Å². The fourth-order valence-corrected chi connectivity index (χ4v) is 2.32. The van der Waals surface area contributed by atoms with Gasteiger partial charge in [-0.1, -0.05) is 28.3 Å². The Labute approximate surface area is 130 Å². The highest BCUT2D eigenvalue weighted by molar-refractivity contribution is 6.35. The molecule has 6 nitrogen and oxygen atoms in total. The van der Waals surface area contributed by atoms with Crippen molar-refractivity contribution < 1.29 is 4.52 Å². The molecule has 0 radical (unpaired) electrons. The van der Waals surface area contributed by atoms with Crippen LogP contribution in [0, 0.1) is 0 Å². The van der Waals surface area contributed by atoms with Crippen molar-refractivity contribution in [3.05, 3.63) is 52.3 Å². The Morgan fingerprint density at radius 3 is 2.76 bits per heavy atom. The molecule has 0 saturated heterocycles. The van der Waals surface area contributed by atoms with Crippen LogP contribution in [-0.4, -0.2) is 21.0 Å². The highest BCUT2D eigenvalue weighted by Gasteiger charge is 2.06. The number of benzene rings is 1. The van der Waals surface area contributed by atoms with Crippen molar-refractivity contribution >= 4 is 40.4 Å². The lowest BCUT2D eigenvalue weighted by Gasteiger charge is -2.03. The molecule has 2 heterocycles. The van der Waals surface area contributed by atoms with Crippen LogP contribution in [0.25, 0.3) is 5.65 Å². The molecule has 0 spiro atoms. The van der Waals surface area contributed by atoms with Crippen molar-refractivity contribution in [3.8, 4) is 0 Å². The van der Waals surface area contributed by atoms with Crippen LogP contribution >= 0.6 is 23.2 Å². The third kappa shape index (κ3) is 3.12. The zero-order chi connectivity index (χ0) is 14.8. The zero-order valence-electron chi connectivity index (χ0n) is 11.0. The number of hydrogen-bond donors (Lipinski definition) is 2. The molecule has 2 N–H and O–H groups in total. The fourth-order valence-electron chi connectivity index (χ4n) is 1.79. The Morgan fingerprint density at radius 2 is 2.00 bits per heavy atom. The average Bonchev–Trinajstić information content (AvgIpc) is 2.91. The second-order valence-corrected chi connectivity index (χ2v) is 5.23. The molecule has 106 valence electrons. The molecule has 3 rings (SSSR count). The molecule has 1 aromatic carbocycles. The zero-order valence-corrected chi connectivity index (χ0v) is 12.5. The lowest BCUT2D eigenvalue weighted by molar-refractivity contribution is -0.579. The molecule has 8 heteroatoms. The first-order valence-electron chi connectivity index (χ1n) is 6.11. The highest BCUT2D eigenvalue weighted by atomic mass is 35.5. The van der Waals surface area contributed by atoms with E-state index in [1.165, 1.54) is 0 Å². The van der Waals surface area contributed by atoms with Gasteiger partial charge in [0.1, 0.15) is 0 Å². The van der Waals surface area contributed by atoms with E-state index in [2.05, 4.69) is 25.8 Å². The molecule has 0 aliphatic heterocycles. The van der Waals surface area contributed by atoms with Gasteiger partial charge in [0, 0.05) is 26.8 Å². The fraction of sp³-hybridized carbons (Fsp3) is 0.0769. The van der Waals surface area contributed by atoms with E-state index in [1.54, 1.807) is 35.1 Å². The summed E-state index contributed by atoms with van der Waals surface area (Å²) < 4.78 is 1.61. The van der Waals surface area contributed by atoms with E-state index < -0.39 is 0 Å². The number of anilines is 1. The summed E-state index contributed by atoms with van der Waals surface area (Å²) >= 11 is 12.0. The molecule has 21 heavy (non-hydrogen) atoms. The van der Waals surface area contributed by atoms with Crippen molar-refractivity contribution in [1.29, 1.82) is 0 Å². The first-order chi connectivity index (χ1) is 10.1. The number of hydrazone groups is 1. The Morgan fingerprint density at radius 1 is 1.24 bits per heavy atom. The quantitative estimate of drug-likeness (QED) is 0.442.